The summed E-state index contributed by atoms with van der Waals surface area (Å²) in [6.07, 6.45) is -1.08. The van der Waals surface area contributed by atoms with Crippen LogP contribution in [0.25, 0.3) is 0 Å². The van der Waals surface area contributed by atoms with Gasteiger partial charge in [-0.1, -0.05) is 20.3 Å². The Morgan fingerprint density at radius 3 is 2.39 bits per heavy atom. The first-order chi connectivity index (χ1) is 10.9. The molecular weight excluding hydrogens is 305 g/mol. The Balaban J connectivity index is 0.000000924. The summed E-state index contributed by atoms with van der Waals surface area (Å²) in [7, 11) is 0. The quantitative estimate of drug-likeness (QED) is 0.891. The summed E-state index contributed by atoms with van der Waals surface area (Å²) in [6.45, 7) is 6.26. The lowest BCUT2D eigenvalue weighted by Gasteiger charge is -2.27. The first-order valence-corrected chi connectivity index (χ1v) is 8.19. The van der Waals surface area contributed by atoms with Crippen molar-refractivity contribution >= 4 is 5.91 Å². The highest BCUT2D eigenvalue weighted by Crippen LogP contribution is 2.36. The van der Waals surface area contributed by atoms with E-state index in [2.05, 4.69) is 10.2 Å². The summed E-state index contributed by atoms with van der Waals surface area (Å²) < 4.78 is 39.5. The molecular formula is C17H23F3N2O. The van der Waals surface area contributed by atoms with E-state index >= 15 is 0 Å². The van der Waals surface area contributed by atoms with E-state index in [4.69, 9.17) is 0 Å². The minimum Gasteiger partial charge on any atom is -0.348 e. The van der Waals surface area contributed by atoms with E-state index in [0.29, 0.717) is 12.1 Å². The normalized spacial score (nSPS) is 18.0. The summed E-state index contributed by atoms with van der Waals surface area (Å²) >= 11 is 0. The molecule has 0 aromatic heterocycles. The van der Waals surface area contributed by atoms with Crippen LogP contribution in [0, 0.1) is 0 Å². The summed E-state index contributed by atoms with van der Waals surface area (Å²) in [5, 5.41) is 2.48. The number of likely N-dealkylation sites (tertiary alicyclic amines) is 1. The molecule has 1 fully saturated rings. The largest absolute Gasteiger partial charge is 0.416 e. The van der Waals surface area contributed by atoms with Crippen LogP contribution in [-0.4, -0.2) is 23.9 Å². The maximum Gasteiger partial charge on any atom is 0.416 e. The number of hydrogen-bond acceptors (Lipinski definition) is 2. The molecule has 0 saturated carbocycles. The number of carbonyl (C=O) groups is 1. The second-order valence-corrected chi connectivity index (χ2v) is 5.69. The van der Waals surface area contributed by atoms with Gasteiger partial charge in [-0.3, -0.25) is 9.69 Å². The van der Waals surface area contributed by atoms with Gasteiger partial charge in [-0.15, -0.1) is 0 Å². The maximum atomic E-state index is 13.2. The third kappa shape index (κ3) is 4.05. The first kappa shape index (κ1) is 17.8. The molecule has 0 aliphatic carbocycles. The number of hydrogen-bond donors (Lipinski definition) is 1. The van der Waals surface area contributed by atoms with E-state index in [1.807, 2.05) is 13.8 Å². The number of amides is 1. The van der Waals surface area contributed by atoms with Gasteiger partial charge in [-0.2, -0.15) is 13.2 Å². The van der Waals surface area contributed by atoms with Gasteiger partial charge in [0.15, 0.2) is 0 Å². The fraction of sp³-hybridized carbons (Fsp3) is 0.588. The minimum absolute atomic E-state index is 0.0347. The van der Waals surface area contributed by atoms with Crippen molar-refractivity contribution in [3.8, 4) is 0 Å². The lowest BCUT2D eigenvalue weighted by Crippen LogP contribution is -2.29. The topological polar surface area (TPSA) is 32.3 Å². The molecule has 2 aliphatic heterocycles. The number of piperidine rings is 1. The number of nitrogens with one attached hydrogen (secondary N) is 1. The van der Waals surface area contributed by atoms with E-state index in [1.54, 1.807) is 6.07 Å². The molecule has 0 spiro atoms. The molecule has 1 aromatic carbocycles. The molecule has 2 aliphatic rings. The Bertz CT molecular complexity index is 564. The van der Waals surface area contributed by atoms with Gasteiger partial charge < -0.3 is 5.32 Å². The standard InChI is InChI=1S/C15H17F3N2O.C2H6/c16-15(17,18)13-7-10(9-20-4-2-1-3-5-20)6-11-12(13)8-19-14(11)21;1-2/h6-7H,1-5,8-9H2,(H,19,21);1-2H3. The summed E-state index contributed by atoms with van der Waals surface area (Å²) in [6, 6.07) is 2.81. The fourth-order valence-electron chi connectivity index (χ4n) is 3.11. The van der Waals surface area contributed by atoms with Gasteiger partial charge in [-0.05, 0) is 49.2 Å². The third-order valence-corrected chi connectivity index (χ3v) is 4.14. The lowest BCUT2D eigenvalue weighted by molar-refractivity contribution is -0.138. The van der Waals surface area contributed by atoms with Crippen LogP contribution in [-0.2, 0) is 19.3 Å². The van der Waals surface area contributed by atoms with E-state index in [1.165, 1.54) is 12.5 Å². The maximum absolute atomic E-state index is 13.2. The molecule has 1 amide bonds. The highest BCUT2D eigenvalue weighted by molar-refractivity contribution is 5.99. The highest BCUT2D eigenvalue weighted by atomic mass is 19.4. The Morgan fingerprint density at radius 2 is 1.78 bits per heavy atom. The van der Waals surface area contributed by atoms with Crippen molar-refractivity contribution in [2.24, 2.45) is 0 Å². The molecule has 128 valence electrons. The average molecular weight is 328 g/mol. The monoisotopic (exact) mass is 328 g/mol. The van der Waals surface area contributed by atoms with Gasteiger partial charge in [0.1, 0.15) is 0 Å². The number of rotatable bonds is 2. The zero-order chi connectivity index (χ0) is 17.0. The number of carbonyl (C=O) groups excluding carboxylic acids is 1. The molecule has 0 bridgehead atoms. The molecule has 0 atom stereocenters. The Kier molecular flexibility index (Phi) is 5.68. The van der Waals surface area contributed by atoms with Crippen LogP contribution in [0.3, 0.4) is 0 Å². The number of benzene rings is 1. The molecule has 3 nitrogen and oxygen atoms in total. The van der Waals surface area contributed by atoms with Gasteiger partial charge in [0.2, 0.25) is 0 Å². The van der Waals surface area contributed by atoms with E-state index in [-0.39, 0.29) is 17.7 Å². The van der Waals surface area contributed by atoms with Crippen LogP contribution >= 0.6 is 0 Å². The SMILES string of the molecule is CC.O=C1NCc2c1cc(CN1CCCCC1)cc2C(F)(F)F. The molecule has 0 unspecified atom stereocenters. The van der Waals surface area contributed by atoms with Crippen molar-refractivity contribution < 1.29 is 18.0 Å². The van der Waals surface area contributed by atoms with Crippen molar-refractivity contribution in [1.29, 1.82) is 0 Å². The van der Waals surface area contributed by atoms with Crippen LogP contribution in [0.15, 0.2) is 12.1 Å². The van der Waals surface area contributed by atoms with Crippen molar-refractivity contribution in [2.75, 3.05) is 13.1 Å². The van der Waals surface area contributed by atoms with Gasteiger partial charge >= 0.3 is 6.18 Å². The first-order valence-electron chi connectivity index (χ1n) is 8.19. The molecule has 23 heavy (non-hydrogen) atoms. The van der Waals surface area contributed by atoms with Gasteiger partial charge in [0.05, 0.1) is 5.56 Å². The van der Waals surface area contributed by atoms with Crippen molar-refractivity contribution in [1.82, 2.24) is 10.2 Å². The Labute approximate surface area is 134 Å². The zero-order valence-electron chi connectivity index (χ0n) is 13.6. The van der Waals surface area contributed by atoms with Crippen molar-refractivity contribution in [3.63, 3.8) is 0 Å². The van der Waals surface area contributed by atoms with E-state index < -0.39 is 17.6 Å². The molecule has 6 heteroatoms. The Hall–Kier alpha value is -1.56. The molecule has 3 rings (SSSR count). The second kappa shape index (κ2) is 7.34. The van der Waals surface area contributed by atoms with Gasteiger partial charge in [-0.25, -0.2) is 0 Å². The average Bonchev–Trinajstić information content (AvgIpc) is 2.90. The van der Waals surface area contributed by atoms with Gasteiger partial charge in [0, 0.05) is 18.7 Å². The third-order valence-electron chi connectivity index (χ3n) is 4.14. The van der Waals surface area contributed by atoms with Crippen LogP contribution in [0.5, 0.6) is 0 Å². The number of nitrogens with zero attached hydrogens (tertiary/aromatic N) is 1. The zero-order valence-corrected chi connectivity index (χ0v) is 13.6. The molecule has 1 N–H and O–H groups in total. The predicted octanol–water partition coefficient (Wildman–Crippen LogP) is 3.96. The van der Waals surface area contributed by atoms with Crippen LogP contribution in [0.4, 0.5) is 13.2 Å². The van der Waals surface area contributed by atoms with Crippen molar-refractivity contribution in [2.45, 2.75) is 52.4 Å². The van der Waals surface area contributed by atoms with E-state index in [9.17, 15) is 18.0 Å². The Morgan fingerprint density at radius 1 is 1.13 bits per heavy atom. The fourth-order valence-corrected chi connectivity index (χ4v) is 3.11. The minimum atomic E-state index is -4.42. The van der Waals surface area contributed by atoms with E-state index in [0.717, 1.165) is 25.9 Å². The molecule has 1 saturated heterocycles. The number of halogens is 3. The molecule has 1 aromatic rings. The highest BCUT2D eigenvalue weighted by Gasteiger charge is 2.37. The number of fused-ring (bicyclic) bond motifs is 1. The van der Waals surface area contributed by atoms with Crippen LogP contribution in [0.2, 0.25) is 0 Å². The summed E-state index contributed by atoms with van der Waals surface area (Å²) in [5.74, 6) is -0.406. The molecule has 2 heterocycles. The van der Waals surface area contributed by atoms with Crippen LogP contribution in [0.1, 0.15) is 60.2 Å². The summed E-state index contributed by atoms with van der Waals surface area (Å²) in [5.41, 5.74) is 0.150. The van der Waals surface area contributed by atoms with Crippen molar-refractivity contribution in [3.05, 3.63) is 34.4 Å². The summed E-state index contributed by atoms with van der Waals surface area (Å²) in [4.78, 5) is 13.8. The number of alkyl halides is 3. The smallest absolute Gasteiger partial charge is 0.348 e. The second-order valence-electron chi connectivity index (χ2n) is 5.69. The predicted molar refractivity (Wildman–Crippen MR) is 83.1 cm³/mol. The lowest BCUT2D eigenvalue weighted by atomic mass is 9.98. The van der Waals surface area contributed by atoms with Crippen LogP contribution < -0.4 is 5.32 Å². The van der Waals surface area contributed by atoms with Gasteiger partial charge in [0.25, 0.3) is 5.91 Å². The molecule has 0 radical (unpaired) electrons.